The van der Waals surface area contributed by atoms with Gasteiger partial charge in [0, 0.05) is 19.4 Å². The van der Waals surface area contributed by atoms with Crippen molar-refractivity contribution in [2.24, 2.45) is 17.4 Å². The molecule has 5 atom stereocenters. The molecule has 1 aliphatic rings. The molecule has 0 aromatic heterocycles. The number of nitrogens with one attached hydrogen (secondary N) is 2. The van der Waals surface area contributed by atoms with Gasteiger partial charge < -0.3 is 32.1 Å². The van der Waals surface area contributed by atoms with E-state index in [0.29, 0.717) is 19.3 Å². The van der Waals surface area contributed by atoms with E-state index in [4.69, 9.17) is 11.5 Å². The Morgan fingerprint density at radius 3 is 2.36 bits per heavy atom. The van der Waals surface area contributed by atoms with Crippen LogP contribution < -0.4 is 22.1 Å². The summed E-state index contributed by atoms with van der Waals surface area (Å²) in [5.74, 6) is -3.58. The summed E-state index contributed by atoms with van der Waals surface area (Å²) in [7, 11) is 0. The minimum atomic E-state index is -1.31. The van der Waals surface area contributed by atoms with Crippen LogP contribution in [0.25, 0.3) is 0 Å². The average Bonchev–Trinajstić information content (AvgIpc) is 3.35. The molecule has 1 aromatic carbocycles. The molecule has 1 heterocycles. The normalized spacial score (nSPS) is 18.5. The third-order valence-corrected chi connectivity index (χ3v) is 6.59. The number of primary amides is 1. The SMILES string of the molecule is CCC(C)C(N)C(=O)NC(Cc1ccccc1)C(=O)N1CCCC1C(=O)NC(CCC(N)=O)C(=O)O. The van der Waals surface area contributed by atoms with Gasteiger partial charge in [-0.1, -0.05) is 50.6 Å². The summed E-state index contributed by atoms with van der Waals surface area (Å²) >= 11 is 0. The zero-order valence-electron chi connectivity index (χ0n) is 20.8. The molecule has 5 unspecified atom stereocenters. The van der Waals surface area contributed by atoms with Gasteiger partial charge in [-0.05, 0) is 30.7 Å². The van der Waals surface area contributed by atoms with Crippen LogP contribution in [0.1, 0.15) is 51.5 Å². The second-order valence-electron chi connectivity index (χ2n) is 9.26. The zero-order chi connectivity index (χ0) is 26.8. The van der Waals surface area contributed by atoms with Gasteiger partial charge in [0.2, 0.25) is 23.6 Å². The maximum atomic E-state index is 13.6. The summed E-state index contributed by atoms with van der Waals surface area (Å²) in [6, 6.07) is 5.23. The summed E-state index contributed by atoms with van der Waals surface area (Å²) in [5, 5.41) is 14.6. The van der Waals surface area contributed by atoms with Crippen LogP contribution >= 0.6 is 0 Å². The van der Waals surface area contributed by atoms with Gasteiger partial charge in [-0.2, -0.15) is 0 Å². The highest BCUT2D eigenvalue weighted by Crippen LogP contribution is 2.20. The van der Waals surface area contributed by atoms with Crippen LogP contribution in [0, 0.1) is 5.92 Å². The Hall–Kier alpha value is -3.47. The van der Waals surface area contributed by atoms with Crippen molar-refractivity contribution in [1.29, 1.82) is 0 Å². The van der Waals surface area contributed by atoms with E-state index in [1.807, 2.05) is 44.2 Å². The van der Waals surface area contributed by atoms with Crippen LogP contribution in [0.4, 0.5) is 0 Å². The summed E-state index contributed by atoms with van der Waals surface area (Å²) in [4.78, 5) is 63.4. The van der Waals surface area contributed by atoms with Crippen LogP contribution in [-0.4, -0.2) is 70.3 Å². The summed E-state index contributed by atoms with van der Waals surface area (Å²) < 4.78 is 0. The molecule has 1 saturated heterocycles. The van der Waals surface area contributed by atoms with Crippen molar-refractivity contribution in [3.63, 3.8) is 0 Å². The van der Waals surface area contributed by atoms with Gasteiger partial charge in [0.15, 0.2) is 0 Å². The molecule has 1 aliphatic heterocycles. The first-order chi connectivity index (χ1) is 17.0. The molecule has 198 valence electrons. The number of nitrogens with zero attached hydrogens (tertiary/aromatic N) is 1. The van der Waals surface area contributed by atoms with Crippen molar-refractivity contribution in [3.05, 3.63) is 35.9 Å². The summed E-state index contributed by atoms with van der Waals surface area (Å²) in [6.45, 7) is 4.07. The maximum Gasteiger partial charge on any atom is 0.326 e. The van der Waals surface area contributed by atoms with E-state index < -0.39 is 53.8 Å². The first-order valence-electron chi connectivity index (χ1n) is 12.3. The molecule has 1 fully saturated rings. The molecule has 0 saturated carbocycles. The van der Waals surface area contributed by atoms with Crippen molar-refractivity contribution in [1.82, 2.24) is 15.5 Å². The predicted octanol–water partition coefficient (Wildman–Crippen LogP) is -0.0868. The fourth-order valence-electron chi connectivity index (χ4n) is 4.15. The van der Waals surface area contributed by atoms with Crippen LogP contribution in [0.15, 0.2) is 30.3 Å². The van der Waals surface area contributed by atoms with Crippen LogP contribution in [0.3, 0.4) is 0 Å². The topological polar surface area (TPSA) is 185 Å². The highest BCUT2D eigenvalue weighted by Gasteiger charge is 2.39. The number of likely N-dealkylation sites (tertiary alicyclic amines) is 1. The fraction of sp³-hybridized carbons (Fsp3) is 0.560. The van der Waals surface area contributed by atoms with Gasteiger partial charge in [-0.15, -0.1) is 0 Å². The van der Waals surface area contributed by atoms with Gasteiger partial charge >= 0.3 is 5.97 Å². The Bertz CT molecular complexity index is 940. The van der Waals surface area contributed by atoms with E-state index in [9.17, 15) is 29.1 Å². The molecule has 11 nitrogen and oxygen atoms in total. The van der Waals surface area contributed by atoms with Crippen molar-refractivity contribution in [2.45, 2.75) is 76.5 Å². The van der Waals surface area contributed by atoms with E-state index in [2.05, 4.69) is 10.6 Å². The molecule has 7 N–H and O–H groups in total. The molecule has 0 spiro atoms. The second-order valence-corrected chi connectivity index (χ2v) is 9.26. The van der Waals surface area contributed by atoms with Crippen LogP contribution in [0.2, 0.25) is 0 Å². The fourth-order valence-corrected chi connectivity index (χ4v) is 4.15. The van der Waals surface area contributed by atoms with Gasteiger partial charge in [0.1, 0.15) is 18.1 Å². The summed E-state index contributed by atoms with van der Waals surface area (Å²) in [5.41, 5.74) is 12.0. The van der Waals surface area contributed by atoms with E-state index in [1.165, 1.54) is 4.90 Å². The Morgan fingerprint density at radius 2 is 1.78 bits per heavy atom. The number of carbonyl (C=O) groups is 5. The number of hydrogen-bond acceptors (Lipinski definition) is 6. The summed E-state index contributed by atoms with van der Waals surface area (Å²) in [6.07, 6.45) is 1.43. The first kappa shape index (κ1) is 28.8. The lowest BCUT2D eigenvalue weighted by Crippen LogP contribution is -2.58. The maximum absolute atomic E-state index is 13.6. The second kappa shape index (κ2) is 13.6. The number of hydrogen-bond donors (Lipinski definition) is 5. The Labute approximate surface area is 211 Å². The van der Waals surface area contributed by atoms with E-state index in [1.54, 1.807) is 0 Å². The molecule has 36 heavy (non-hydrogen) atoms. The number of aliphatic carboxylic acids is 1. The molecule has 4 amide bonds. The number of carbonyl (C=O) groups excluding carboxylic acids is 4. The number of amides is 4. The monoisotopic (exact) mass is 503 g/mol. The van der Waals surface area contributed by atoms with Crippen molar-refractivity contribution in [2.75, 3.05) is 6.54 Å². The Morgan fingerprint density at radius 1 is 1.11 bits per heavy atom. The lowest BCUT2D eigenvalue weighted by Gasteiger charge is -2.30. The molecule has 0 bridgehead atoms. The van der Waals surface area contributed by atoms with Gasteiger partial charge in [0.05, 0.1) is 6.04 Å². The van der Waals surface area contributed by atoms with E-state index >= 15 is 0 Å². The molecular weight excluding hydrogens is 466 g/mol. The first-order valence-corrected chi connectivity index (χ1v) is 12.3. The lowest BCUT2D eigenvalue weighted by molar-refractivity contribution is -0.145. The number of nitrogens with two attached hydrogens (primary N) is 2. The molecule has 11 heteroatoms. The van der Waals surface area contributed by atoms with Crippen LogP contribution in [0.5, 0.6) is 0 Å². The van der Waals surface area contributed by atoms with Crippen molar-refractivity contribution in [3.8, 4) is 0 Å². The largest absolute Gasteiger partial charge is 0.480 e. The quantitative estimate of drug-likeness (QED) is 0.249. The highest BCUT2D eigenvalue weighted by atomic mass is 16.4. The van der Waals surface area contributed by atoms with Crippen LogP contribution in [-0.2, 0) is 30.4 Å². The number of carboxylic acid groups (broad SMARTS) is 1. The number of carboxylic acids is 1. The smallest absolute Gasteiger partial charge is 0.326 e. The molecule has 0 radical (unpaired) electrons. The van der Waals surface area contributed by atoms with E-state index in [-0.39, 0.29) is 31.7 Å². The average molecular weight is 504 g/mol. The van der Waals surface area contributed by atoms with Crippen molar-refractivity contribution < 1.29 is 29.1 Å². The molecular formula is C25H37N5O6. The third kappa shape index (κ3) is 8.04. The minimum absolute atomic E-state index is 0.0869. The number of benzene rings is 1. The molecule has 1 aromatic rings. The van der Waals surface area contributed by atoms with Crippen molar-refractivity contribution >= 4 is 29.6 Å². The van der Waals surface area contributed by atoms with Gasteiger partial charge in [-0.25, -0.2) is 4.79 Å². The Kier molecular flexibility index (Phi) is 10.8. The number of rotatable bonds is 13. The molecule has 0 aliphatic carbocycles. The highest BCUT2D eigenvalue weighted by molar-refractivity contribution is 5.94. The van der Waals surface area contributed by atoms with Gasteiger partial charge in [-0.3, -0.25) is 19.2 Å². The van der Waals surface area contributed by atoms with E-state index in [0.717, 1.165) is 5.56 Å². The third-order valence-electron chi connectivity index (χ3n) is 6.59. The molecule has 2 rings (SSSR count). The standard InChI is InChI=1S/C25H37N5O6/c1-3-15(2)21(27)23(33)29-18(14-16-8-5-4-6-9-16)24(34)30-13-7-10-19(30)22(32)28-17(25(35)36)11-12-20(26)31/h4-6,8-9,15,17-19,21H,3,7,10-14,27H2,1-2H3,(H2,26,31)(H,28,32)(H,29,33)(H,35,36). The zero-order valence-corrected chi connectivity index (χ0v) is 20.8. The predicted molar refractivity (Wildman–Crippen MR) is 132 cm³/mol. The minimum Gasteiger partial charge on any atom is -0.480 e. The Balaban J connectivity index is 2.20. The lowest BCUT2D eigenvalue weighted by atomic mass is 9.98. The van der Waals surface area contributed by atoms with Gasteiger partial charge in [0.25, 0.3) is 0 Å².